The molecule has 0 radical (unpaired) electrons. The van der Waals surface area contributed by atoms with Crippen LogP contribution in [0.5, 0.6) is 0 Å². The second kappa shape index (κ2) is 7.72. The minimum Gasteiger partial charge on any atom is -0.365 e. The Labute approximate surface area is 169 Å². The number of anilines is 1. The maximum absolute atomic E-state index is 12.4. The van der Waals surface area contributed by atoms with Gasteiger partial charge in [-0.3, -0.25) is 14.6 Å². The van der Waals surface area contributed by atoms with Crippen LogP contribution in [-0.4, -0.2) is 37.3 Å². The van der Waals surface area contributed by atoms with E-state index in [9.17, 15) is 9.59 Å². The van der Waals surface area contributed by atoms with Gasteiger partial charge in [0.25, 0.3) is 5.91 Å². The van der Waals surface area contributed by atoms with Crippen LogP contribution in [0.2, 0.25) is 0 Å². The number of carbonyl (C=O) groups excluding carboxylic acids is 2. The summed E-state index contributed by atoms with van der Waals surface area (Å²) in [4.78, 5) is 29.5. The Morgan fingerprint density at radius 1 is 1.36 bits per heavy atom. The van der Waals surface area contributed by atoms with Crippen LogP contribution < -0.4 is 11.1 Å². The lowest BCUT2D eigenvalue weighted by atomic mass is 10.1. The van der Waals surface area contributed by atoms with E-state index >= 15 is 0 Å². The van der Waals surface area contributed by atoms with Crippen molar-refractivity contribution in [3.8, 4) is 11.4 Å². The molecule has 0 aromatic carbocycles. The van der Waals surface area contributed by atoms with Crippen molar-refractivity contribution in [2.75, 3.05) is 11.1 Å². The lowest BCUT2D eigenvalue weighted by molar-refractivity contribution is -0.113. The molecule has 0 unspecified atom stereocenters. The molecule has 0 aliphatic heterocycles. The highest BCUT2D eigenvalue weighted by Crippen LogP contribution is 2.38. The largest absolute Gasteiger partial charge is 0.365 e. The molecule has 0 saturated heterocycles. The maximum Gasteiger partial charge on any atom is 0.251 e. The molecule has 0 spiro atoms. The lowest BCUT2D eigenvalue weighted by Gasteiger charge is -2.06. The van der Waals surface area contributed by atoms with Crippen molar-refractivity contribution < 1.29 is 9.59 Å². The molecule has 2 amide bonds. The SMILES string of the molecule is Cn1c(SCC(=O)Nc2sc3c(c2C(N)=O)CCC3)nnc1-c1cccnc1. The lowest BCUT2D eigenvalue weighted by Crippen LogP contribution is -2.19. The quantitative estimate of drug-likeness (QED) is 0.598. The van der Waals surface area contributed by atoms with E-state index in [1.807, 2.05) is 23.7 Å². The van der Waals surface area contributed by atoms with Crippen molar-refractivity contribution in [1.29, 1.82) is 0 Å². The molecule has 3 N–H and O–H groups in total. The predicted molar refractivity (Wildman–Crippen MR) is 108 cm³/mol. The van der Waals surface area contributed by atoms with Gasteiger partial charge in [-0.15, -0.1) is 21.5 Å². The number of aromatic nitrogens is 4. The second-order valence-corrected chi connectivity index (χ2v) is 8.42. The van der Waals surface area contributed by atoms with E-state index in [1.54, 1.807) is 12.4 Å². The van der Waals surface area contributed by atoms with Gasteiger partial charge in [0.15, 0.2) is 11.0 Å². The van der Waals surface area contributed by atoms with Gasteiger partial charge in [-0.05, 0) is 37.0 Å². The minimum absolute atomic E-state index is 0.153. The Morgan fingerprint density at radius 2 is 2.21 bits per heavy atom. The van der Waals surface area contributed by atoms with E-state index < -0.39 is 5.91 Å². The average molecular weight is 415 g/mol. The molecule has 1 aliphatic carbocycles. The molecule has 28 heavy (non-hydrogen) atoms. The molecule has 0 atom stereocenters. The highest BCUT2D eigenvalue weighted by molar-refractivity contribution is 7.99. The number of nitrogens with two attached hydrogens (primary N) is 1. The number of primary amides is 1. The van der Waals surface area contributed by atoms with E-state index in [1.165, 1.54) is 23.1 Å². The summed E-state index contributed by atoms with van der Waals surface area (Å²) < 4.78 is 1.82. The summed E-state index contributed by atoms with van der Waals surface area (Å²) in [6.45, 7) is 0. The molecule has 8 nitrogen and oxygen atoms in total. The number of aryl methyl sites for hydroxylation is 1. The fraction of sp³-hybridized carbons (Fsp3) is 0.278. The Hall–Kier alpha value is -2.72. The Morgan fingerprint density at radius 3 is 2.96 bits per heavy atom. The molecule has 3 aromatic heterocycles. The summed E-state index contributed by atoms with van der Waals surface area (Å²) in [5.41, 5.74) is 7.85. The van der Waals surface area contributed by atoms with Gasteiger partial charge in [0.1, 0.15) is 5.00 Å². The van der Waals surface area contributed by atoms with Crippen LogP contribution in [-0.2, 0) is 24.7 Å². The van der Waals surface area contributed by atoms with Gasteiger partial charge < -0.3 is 15.6 Å². The molecule has 10 heteroatoms. The molecule has 3 aromatic rings. The zero-order valence-electron chi connectivity index (χ0n) is 15.1. The Bertz CT molecular complexity index is 1040. The Balaban J connectivity index is 1.44. The van der Waals surface area contributed by atoms with Crippen molar-refractivity contribution in [1.82, 2.24) is 19.7 Å². The topological polar surface area (TPSA) is 116 Å². The monoisotopic (exact) mass is 414 g/mol. The number of thiophene rings is 1. The number of fused-ring (bicyclic) bond motifs is 1. The number of nitrogens with zero attached hydrogens (tertiary/aromatic N) is 4. The van der Waals surface area contributed by atoms with Crippen molar-refractivity contribution in [2.45, 2.75) is 24.4 Å². The third kappa shape index (κ3) is 3.52. The van der Waals surface area contributed by atoms with Gasteiger partial charge in [-0.25, -0.2) is 0 Å². The highest BCUT2D eigenvalue weighted by atomic mass is 32.2. The van der Waals surface area contributed by atoms with Gasteiger partial charge >= 0.3 is 0 Å². The summed E-state index contributed by atoms with van der Waals surface area (Å²) in [7, 11) is 1.84. The maximum atomic E-state index is 12.4. The molecule has 1 aliphatic rings. The van der Waals surface area contributed by atoms with E-state index in [4.69, 9.17) is 5.73 Å². The van der Waals surface area contributed by atoms with Gasteiger partial charge in [-0.2, -0.15) is 0 Å². The smallest absolute Gasteiger partial charge is 0.251 e. The standard InChI is InChI=1S/C18H18N6O2S2/c1-24-16(10-4-3-7-20-8-10)22-23-18(24)27-9-13(25)21-17-14(15(19)26)11-5-2-6-12(11)28-17/h3-4,7-8H,2,5-6,9H2,1H3,(H2,19,26)(H,21,25). The first-order valence-corrected chi connectivity index (χ1v) is 10.5. The number of amides is 2. The van der Waals surface area contributed by atoms with E-state index in [2.05, 4.69) is 20.5 Å². The van der Waals surface area contributed by atoms with Crippen LogP contribution in [0.25, 0.3) is 11.4 Å². The van der Waals surface area contributed by atoms with Gasteiger partial charge in [0.05, 0.1) is 11.3 Å². The number of carbonyl (C=O) groups is 2. The summed E-state index contributed by atoms with van der Waals surface area (Å²) >= 11 is 2.73. The predicted octanol–water partition coefficient (Wildman–Crippen LogP) is 2.26. The first kappa shape index (κ1) is 18.6. The zero-order chi connectivity index (χ0) is 19.7. The van der Waals surface area contributed by atoms with Gasteiger partial charge in [0.2, 0.25) is 5.91 Å². The first-order chi connectivity index (χ1) is 13.5. The highest BCUT2D eigenvalue weighted by Gasteiger charge is 2.26. The number of hydrogen-bond acceptors (Lipinski definition) is 7. The summed E-state index contributed by atoms with van der Waals surface area (Å²) in [5.74, 6) is 0.136. The average Bonchev–Trinajstić information content (AvgIpc) is 3.35. The number of thioether (sulfide) groups is 1. The fourth-order valence-corrected chi connectivity index (χ4v) is 5.25. The number of rotatable bonds is 6. The van der Waals surface area contributed by atoms with Gasteiger partial charge in [-0.1, -0.05) is 11.8 Å². The molecule has 3 heterocycles. The molecular formula is C18H18N6O2S2. The normalized spacial score (nSPS) is 12.8. The fourth-order valence-electron chi connectivity index (χ4n) is 3.23. The summed E-state index contributed by atoms with van der Waals surface area (Å²) in [6.07, 6.45) is 6.20. The minimum atomic E-state index is -0.489. The molecule has 4 rings (SSSR count). The molecule has 144 valence electrons. The van der Waals surface area contributed by atoms with Gasteiger partial charge in [0, 0.05) is 29.9 Å². The van der Waals surface area contributed by atoms with Crippen LogP contribution in [0.3, 0.4) is 0 Å². The first-order valence-electron chi connectivity index (χ1n) is 8.71. The number of nitrogens with one attached hydrogen (secondary N) is 1. The zero-order valence-corrected chi connectivity index (χ0v) is 16.8. The van der Waals surface area contributed by atoms with Crippen LogP contribution >= 0.6 is 23.1 Å². The van der Waals surface area contributed by atoms with Crippen molar-refractivity contribution in [2.24, 2.45) is 12.8 Å². The van der Waals surface area contributed by atoms with E-state index in [0.717, 1.165) is 35.3 Å². The van der Waals surface area contributed by atoms with Crippen LogP contribution in [0.1, 0.15) is 27.2 Å². The van der Waals surface area contributed by atoms with Crippen LogP contribution in [0.4, 0.5) is 5.00 Å². The van der Waals surface area contributed by atoms with Crippen molar-refractivity contribution in [3.63, 3.8) is 0 Å². The number of hydrogen-bond donors (Lipinski definition) is 2. The third-order valence-corrected chi connectivity index (χ3v) is 6.74. The summed E-state index contributed by atoms with van der Waals surface area (Å²) in [5, 5.41) is 12.3. The van der Waals surface area contributed by atoms with Crippen molar-refractivity contribution in [3.05, 3.63) is 40.5 Å². The molecular weight excluding hydrogens is 396 g/mol. The molecule has 0 saturated carbocycles. The third-order valence-electron chi connectivity index (χ3n) is 4.51. The second-order valence-electron chi connectivity index (χ2n) is 6.37. The summed E-state index contributed by atoms with van der Waals surface area (Å²) in [6, 6.07) is 3.73. The Kier molecular flexibility index (Phi) is 5.14. The molecule has 0 bridgehead atoms. The molecule has 0 fully saturated rings. The van der Waals surface area contributed by atoms with E-state index in [0.29, 0.717) is 21.5 Å². The van der Waals surface area contributed by atoms with Crippen molar-refractivity contribution >= 4 is 39.9 Å². The van der Waals surface area contributed by atoms with Crippen LogP contribution in [0, 0.1) is 0 Å². The van der Waals surface area contributed by atoms with Crippen LogP contribution in [0.15, 0.2) is 29.7 Å². The number of pyridine rings is 1. The van der Waals surface area contributed by atoms with E-state index in [-0.39, 0.29) is 11.7 Å².